The lowest BCUT2D eigenvalue weighted by atomic mass is 10.0. The zero-order chi connectivity index (χ0) is 31.4. The first-order valence-electron chi connectivity index (χ1n) is 14.2. The van der Waals surface area contributed by atoms with Crippen molar-refractivity contribution in [2.45, 2.75) is 44.9 Å². The summed E-state index contributed by atoms with van der Waals surface area (Å²) < 4.78 is 0. The second kappa shape index (κ2) is 13.1. The average molecular weight is 610 g/mol. The number of carboxylic acid groups (broad SMARTS) is 1. The monoisotopic (exact) mass is 609 g/mol. The van der Waals surface area contributed by atoms with Gasteiger partial charge >= 0.3 is 5.97 Å². The van der Waals surface area contributed by atoms with Gasteiger partial charge in [0.1, 0.15) is 18.2 Å². The Morgan fingerprint density at radius 3 is 2.09 bits per heavy atom. The molecule has 3 amide bonds. The van der Waals surface area contributed by atoms with Gasteiger partial charge in [-0.25, -0.2) is 4.79 Å². The maximum absolute atomic E-state index is 14.1. The summed E-state index contributed by atoms with van der Waals surface area (Å²) in [6.45, 7) is 3.20. The van der Waals surface area contributed by atoms with Gasteiger partial charge in [0, 0.05) is 25.5 Å². The first-order chi connectivity index (χ1) is 21.2. The van der Waals surface area contributed by atoms with E-state index in [-0.39, 0.29) is 28.8 Å². The first kappa shape index (κ1) is 30.5. The predicted octanol–water partition coefficient (Wildman–Crippen LogP) is 5.58. The number of amides is 3. The molecule has 0 saturated carbocycles. The molecule has 8 nitrogen and oxygen atoms in total. The van der Waals surface area contributed by atoms with Crippen molar-refractivity contribution in [3.63, 3.8) is 0 Å². The van der Waals surface area contributed by atoms with Crippen LogP contribution in [0.1, 0.15) is 45.7 Å². The van der Waals surface area contributed by atoms with Gasteiger partial charge in [0.05, 0.1) is 10.6 Å². The van der Waals surface area contributed by atoms with E-state index < -0.39 is 30.1 Å². The highest BCUT2D eigenvalue weighted by Gasteiger charge is 2.48. The van der Waals surface area contributed by atoms with Gasteiger partial charge in [-0.3, -0.25) is 19.3 Å². The predicted molar refractivity (Wildman–Crippen MR) is 168 cm³/mol. The third-order valence-corrected chi connectivity index (χ3v) is 8.12. The van der Waals surface area contributed by atoms with Crippen molar-refractivity contribution in [2.75, 3.05) is 4.90 Å². The largest absolute Gasteiger partial charge is 0.480 e. The number of hydrogen-bond acceptors (Lipinski definition) is 4. The number of carboxylic acids is 1. The summed E-state index contributed by atoms with van der Waals surface area (Å²) in [6.07, 6.45) is -0.287. The van der Waals surface area contributed by atoms with E-state index in [0.29, 0.717) is 23.2 Å². The van der Waals surface area contributed by atoms with E-state index in [4.69, 9.17) is 11.6 Å². The summed E-state index contributed by atoms with van der Waals surface area (Å²) in [7, 11) is 0. The number of aryl methyl sites for hydroxylation is 1. The van der Waals surface area contributed by atoms with Crippen molar-refractivity contribution < 1.29 is 24.3 Å². The topological polar surface area (TPSA) is 107 Å². The standard InChI is InChI=1S/C35H32ClN3O5/c1-22-10-9-15-28(36)31(22)32(41)37-29(35(43)44)20-25-16-18-27(19-17-25)39-33(26-13-7-4-8-14-26)38(23(2)40)30(34(39)42)21-24-11-5-3-6-12-24/h3-19,29-30,33H,20-21H2,1-2H3,(H,37,41)(H,43,44)/t29-,30?,33?/m0/s1. The second-order valence-electron chi connectivity index (χ2n) is 10.8. The fourth-order valence-corrected chi connectivity index (χ4v) is 6.00. The molecule has 0 aromatic heterocycles. The lowest BCUT2D eigenvalue weighted by molar-refractivity contribution is -0.139. The minimum absolute atomic E-state index is 0.0110. The summed E-state index contributed by atoms with van der Waals surface area (Å²) in [6, 6.07) is 29.0. The van der Waals surface area contributed by atoms with Gasteiger partial charge in [0.2, 0.25) is 5.91 Å². The summed E-state index contributed by atoms with van der Waals surface area (Å²) >= 11 is 6.22. The zero-order valence-corrected chi connectivity index (χ0v) is 25.1. The summed E-state index contributed by atoms with van der Waals surface area (Å²) in [5.74, 6) is -2.19. The summed E-state index contributed by atoms with van der Waals surface area (Å²) in [5.41, 5.74) is 3.81. The number of halogens is 1. The number of aliphatic carboxylic acids is 1. The highest BCUT2D eigenvalue weighted by molar-refractivity contribution is 6.34. The number of rotatable bonds is 9. The Labute approximate surface area is 260 Å². The van der Waals surface area contributed by atoms with Gasteiger partial charge in [-0.2, -0.15) is 0 Å². The summed E-state index contributed by atoms with van der Waals surface area (Å²) in [5, 5.41) is 12.7. The van der Waals surface area contributed by atoms with Crippen molar-refractivity contribution in [3.05, 3.63) is 136 Å². The average Bonchev–Trinajstić information content (AvgIpc) is 3.29. The molecule has 0 radical (unpaired) electrons. The van der Waals surface area contributed by atoms with Crippen LogP contribution >= 0.6 is 11.6 Å². The second-order valence-corrected chi connectivity index (χ2v) is 11.2. The van der Waals surface area contributed by atoms with Gasteiger partial charge in [0.25, 0.3) is 11.8 Å². The molecule has 44 heavy (non-hydrogen) atoms. The molecule has 4 aromatic carbocycles. The maximum atomic E-state index is 14.1. The van der Waals surface area contributed by atoms with E-state index >= 15 is 0 Å². The smallest absolute Gasteiger partial charge is 0.326 e. The Morgan fingerprint density at radius 2 is 1.50 bits per heavy atom. The molecular weight excluding hydrogens is 578 g/mol. The Hall–Kier alpha value is -4.95. The molecule has 0 spiro atoms. The molecule has 1 heterocycles. The number of benzene rings is 4. The molecule has 1 aliphatic heterocycles. The minimum atomic E-state index is -1.21. The van der Waals surface area contributed by atoms with Crippen molar-refractivity contribution in [2.24, 2.45) is 0 Å². The van der Waals surface area contributed by atoms with Crippen LogP contribution in [0, 0.1) is 6.92 Å². The van der Waals surface area contributed by atoms with Gasteiger partial charge in [-0.1, -0.05) is 96.5 Å². The Morgan fingerprint density at radius 1 is 0.864 bits per heavy atom. The number of hydrogen-bond donors (Lipinski definition) is 2. The number of nitrogens with zero attached hydrogens (tertiary/aromatic N) is 2. The quantitative estimate of drug-likeness (QED) is 0.258. The van der Waals surface area contributed by atoms with Crippen LogP contribution in [0.25, 0.3) is 0 Å². The fourth-order valence-electron chi connectivity index (χ4n) is 5.69. The molecular formula is C35H32ClN3O5. The van der Waals surface area contributed by atoms with Crippen molar-refractivity contribution >= 4 is 41.0 Å². The van der Waals surface area contributed by atoms with Crippen molar-refractivity contribution in [1.82, 2.24) is 10.2 Å². The molecule has 1 saturated heterocycles. The van der Waals surface area contributed by atoms with Crippen LogP contribution in [0.3, 0.4) is 0 Å². The molecule has 5 rings (SSSR count). The molecule has 224 valence electrons. The first-order valence-corrected chi connectivity index (χ1v) is 14.6. The lowest BCUT2D eigenvalue weighted by Gasteiger charge is -2.31. The van der Waals surface area contributed by atoms with E-state index in [1.165, 1.54) is 6.92 Å². The van der Waals surface area contributed by atoms with E-state index in [1.54, 1.807) is 59.2 Å². The van der Waals surface area contributed by atoms with E-state index in [9.17, 15) is 24.3 Å². The van der Waals surface area contributed by atoms with Crippen LogP contribution in [-0.4, -0.2) is 45.8 Å². The molecule has 1 aliphatic rings. The van der Waals surface area contributed by atoms with E-state index in [1.807, 2.05) is 60.7 Å². The lowest BCUT2D eigenvalue weighted by Crippen LogP contribution is -2.42. The van der Waals surface area contributed by atoms with Crippen LogP contribution < -0.4 is 10.2 Å². The fraction of sp³-hybridized carbons (Fsp3) is 0.200. The van der Waals surface area contributed by atoms with Gasteiger partial charge in [0.15, 0.2) is 0 Å². The molecule has 9 heteroatoms. The highest BCUT2D eigenvalue weighted by Crippen LogP contribution is 2.39. The number of anilines is 1. The molecule has 4 aromatic rings. The normalized spacial score (nSPS) is 16.9. The van der Waals surface area contributed by atoms with Gasteiger partial charge in [-0.15, -0.1) is 0 Å². The van der Waals surface area contributed by atoms with Crippen LogP contribution in [0.2, 0.25) is 5.02 Å². The van der Waals surface area contributed by atoms with Crippen LogP contribution in [-0.2, 0) is 27.2 Å². The minimum Gasteiger partial charge on any atom is -0.480 e. The van der Waals surface area contributed by atoms with E-state index in [2.05, 4.69) is 5.32 Å². The Balaban J connectivity index is 1.43. The molecule has 2 N–H and O–H groups in total. The molecule has 0 aliphatic carbocycles. The Kier molecular flexibility index (Phi) is 9.11. The van der Waals surface area contributed by atoms with E-state index in [0.717, 1.165) is 11.1 Å². The molecule has 0 bridgehead atoms. The Bertz CT molecular complexity index is 1660. The van der Waals surface area contributed by atoms with Crippen LogP contribution in [0.4, 0.5) is 5.69 Å². The van der Waals surface area contributed by atoms with Gasteiger partial charge in [-0.05, 0) is 47.4 Å². The van der Waals surface area contributed by atoms with Crippen LogP contribution in [0.15, 0.2) is 103 Å². The molecule has 2 unspecified atom stereocenters. The maximum Gasteiger partial charge on any atom is 0.326 e. The number of nitrogens with one attached hydrogen (secondary N) is 1. The van der Waals surface area contributed by atoms with Crippen molar-refractivity contribution in [1.29, 1.82) is 0 Å². The van der Waals surface area contributed by atoms with Crippen LogP contribution in [0.5, 0.6) is 0 Å². The molecule has 1 fully saturated rings. The third kappa shape index (κ3) is 6.35. The number of carbonyl (C=O) groups excluding carboxylic acids is 3. The zero-order valence-electron chi connectivity index (χ0n) is 24.3. The number of carbonyl (C=O) groups is 4. The highest BCUT2D eigenvalue weighted by atomic mass is 35.5. The summed E-state index contributed by atoms with van der Waals surface area (Å²) in [4.78, 5) is 55.4. The third-order valence-electron chi connectivity index (χ3n) is 7.81. The molecule has 3 atom stereocenters. The van der Waals surface area contributed by atoms with Crippen molar-refractivity contribution in [3.8, 4) is 0 Å². The van der Waals surface area contributed by atoms with Gasteiger partial charge < -0.3 is 15.3 Å². The SMILES string of the molecule is CC(=O)N1C(Cc2ccccc2)C(=O)N(c2ccc(C[C@H](NC(=O)c3c(C)cccc3Cl)C(=O)O)cc2)C1c1ccccc1.